The van der Waals surface area contributed by atoms with Gasteiger partial charge in [-0.3, -0.25) is 0 Å². The number of hydrogen-bond acceptors (Lipinski definition) is 3. The van der Waals surface area contributed by atoms with Gasteiger partial charge in [0, 0.05) is 4.88 Å². The van der Waals surface area contributed by atoms with Crippen molar-refractivity contribution in [2.45, 2.75) is 12.5 Å². The third-order valence-corrected chi connectivity index (χ3v) is 2.52. The first-order valence-electron chi connectivity index (χ1n) is 3.03. The van der Waals surface area contributed by atoms with E-state index in [0.29, 0.717) is 6.42 Å². The molecule has 0 saturated carbocycles. The van der Waals surface area contributed by atoms with E-state index in [1.165, 1.54) is 4.88 Å². The van der Waals surface area contributed by atoms with Gasteiger partial charge in [-0.15, -0.1) is 11.3 Å². The molecule has 1 aromatic heterocycles. The van der Waals surface area contributed by atoms with Crippen LogP contribution in [0, 0.1) is 11.3 Å². The van der Waals surface area contributed by atoms with Crippen LogP contribution in [-0.2, 0) is 0 Å². The molecule has 0 saturated heterocycles. The fourth-order valence-corrected chi connectivity index (χ4v) is 1.93. The molecule has 0 N–H and O–H groups in total. The Morgan fingerprint density at radius 2 is 2.60 bits per heavy atom. The Kier molecular flexibility index (Phi) is 1.15. The summed E-state index contributed by atoms with van der Waals surface area (Å²) >= 11 is 1.63. The number of fused-ring (bicyclic) bond motifs is 2. The first-order valence-corrected chi connectivity index (χ1v) is 3.85. The summed E-state index contributed by atoms with van der Waals surface area (Å²) in [4.78, 5) is 1.18. The first-order chi connectivity index (χ1) is 4.90. The minimum absolute atomic E-state index is 0.0370. The average molecular weight is 151 g/mol. The summed E-state index contributed by atoms with van der Waals surface area (Å²) in [5.41, 5.74) is 0. The Bertz CT molecular complexity index is 286. The van der Waals surface area contributed by atoms with Crippen molar-refractivity contribution in [3.63, 3.8) is 0 Å². The molecular formula is C7H5NOS. The molecule has 0 amide bonds. The molecule has 1 aliphatic rings. The van der Waals surface area contributed by atoms with Crippen LogP contribution in [0.25, 0.3) is 0 Å². The van der Waals surface area contributed by atoms with Crippen LogP contribution in [0.4, 0.5) is 0 Å². The summed E-state index contributed by atoms with van der Waals surface area (Å²) in [6.07, 6.45) is 0.505. The van der Waals surface area contributed by atoms with Crippen molar-refractivity contribution in [1.29, 1.82) is 5.26 Å². The predicted octanol–water partition coefficient (Wildman–Crippen LogP) is 2.10. The topological polar surface area (TPSA) is 33.0 Å². The zero-order chi connectivity index (χ0) is 6.97. The van der Waals surface area contributed by atoms with Crippen LogP contribution in [0.5, 0.6) is 5.06 Å². The van der Waals surface area contributed by atoms with Crippen molar-refractivity contribution in [2.75, 3.05) is 0 Å². The van der Waals surface area contributed by atoms with Crippen molar-refractivity contribution >= 4 is 11.3 Å². The molecule has 50 valence electrons. The van der Waals surface area contributed by atoms with E-state index in [4.69, 9.17) is 10.00 Å². The second-order valence-electron chi connectivity index (χ2n) is 2.13. The Hall–Kier alpha value is -1.01. The van der Waals surface area contributed by atoms with Gasteiger partial charge < -0.3 is 4.74 Å². The highest BCUT2D eigenvalue weighted by molar-refractivity contribution is 7.14. The monoisotopic (exact) mass is 151 g/mol. The molecule has 1 aliphatic heterocycles. The fraction of sp³-hybridized carbons (Fsp3) is 0.286. The highest BCUT2D eigenvalue weighted by Crippen LogP contribution is 2.41. The second-order valence-corrected chi connectivity index (χ2v) is 3.20. The second kappa shape index (κ2) is 1.99. The summed E-state index contributed by atoms with van der Waals surface area (Å²) in [6, 6.07) is 6.05. The summed E-state index contributed by atoms with van der Waals surface area (Å²) in [6.45, 7) is 0. The van der Waals surface area contributed by atoms with Crippen molar-refractivity contribution in [2.24, 2.45) is 0 Å². The lowest BCUT2D eigenvalue weighted by molar-refractivity contribution is 0.225. The quantitative estimate of drug-likeness (QED) is 0.615. The standard InChI is InChI=1S/C7H5NOS/c8-4-3-5-6-1-2-7(9-5)10-6/h1-2,5H,3H2. The van der Waals surface area contributed by atoms with Gasteiger partial charge >= 0.3 is 0 Å². The maximum atomic E-state index is 8.37. The van der Waals surface area contributed by atoms with Crippen LogP contribution in [-0.4, -0.2) is 0 Å². The molecule has 2 rings (SSSR count). The number of ether oxygens (including phenoxy) is 1. The molecule has 1 aromatic rings. The third-order valence-electron chi connectivity index (χ3n) is 1.45. The smallest absolute Gasteiger partial charge is 0.175 e. The molecule has 2 heterocycles. The number of nitrogens with zero attached hydrogens (tertiary/aromatic N) is 1. The normalized spacial score (nSPS) is 20.1. The van der Waals surface area contributed by atoms with E-state index in [2.05, 4.69) is 6.07 Å². The SMILES string of the molecule is N#CCC1Oc2ccc1s2. The van der Waals surface area contributed by atoms with Gasteiger partial charge in [-0.25, -0.2) is 0 Å². The van der Waals surface area contributed by atoms with Crippen molar-refractivity contribution in [1.82, 2.24) is 0 Å². The molecule has 1 unspecified atom stereocenters. The van der Waals surface area contributed by atoms with E-state index in [-0.39, 0.29) is 6.10 Å². The van der Waals surface area contributed by atoms with Crippen LogP contribution < -0.4 is 4.74 Å². The molecular weight excluding hydrogens is 146 g/mol. The molecule has 1 atom stereocenters. The van der Waals surface area contributed by atoms with Gasteiger partial charge in [0.05, 0.1) is 12.5 Å². The summed E-state index contributed by atoms with van der Waals surface area (Å²) < 4.78 is 5.33. The lowest BCUT2D eigenvalue weighted by Crippen LogP contribution is -2.01. The van der Waals surface area contributed by atoms with Gasteiger partial charge in [-0.1, -0.05) is 0 Å². The van der Waals surface area contributed by atoms with E-state index in [1.807, 2.05) is 12.1 Å². The molecule has 3 heteroatoms. The molecule has 0 fully saturated rings. The van der Waals surface area contributed by atoms with E-state index in [9.17, 15) is 0 Å². The highest BCUT2D eigenvalue weighted by atomic mass is 32.1. The number of nitriles is 1. The summed E-state index contributed by atoms with van der Waals surface area (Å²) in [5, 5.41) is 9.31. The van der Waals surface area contributed by atoms with Crippen LogP contribution in [0.3, 0.4) is 0 Å². The zero-order valence-electron chi connectivity index (χ0n) is 5.20. The highest BCUT2D eigenvalue weighted by Gasteiger charge is 2.22. The first kappa shape index (κ1) is 5.75. The average Bonchev–Trinajstić information content (AvgIpc) is 2.48. The molecule has 0 aromatic carbocycles. The van der Waals surface area contributed by atoms with Gasteiger partial charge in [0.2, 0.25) is 0 Å². The van der Waals surface area contributed by atoms with Gasteiger partial charge in [0.15, 0.2) is 5.06 Å². The maximum Gasteiger partial charge on any atom is 0.175 e. The number of thiophene rings is 1. The lowest BCUT2D eigenvalue weighted by atomic mass is 10.2. The Morgan fingerprint density at radius 1 is 1.70 bits per heavy atom. The number of hydrogen-bond donors (Lipinski definition) is 0. The minimum Gasteiger partial charge on any atom is -0.474 e. The zero-order valence-corrected chi connectivity index (χ0v) is 6.02. The Morgan fingerprint density at radius 3 is 3.10 bits per heavy atom. The summed E-state index contributed by atoms with van der Waals surface area (Å²) in [5.74, 6) is 0. The van der Waals surface area contributed by atoms with Crippen molar-refractivity contribution in [3.05, 3.63) is 17.0 Å². The van der Waals surface area contributed by atoms with Crippen LogP contribution in [0.15, 0.2) is 12.1 Å². The third kappa shape index (κ3) is 0.695. The van der Waals surface area contributed by atoms with E-state index in [0.717, 1.165) is 5.06 Å². The largest absolute Gasteiger partial charge is 0.474 e. The van der Waals surface area contributed by atoms with Gasteiger partial charge in [0.25, 0.3) is 0 Å². The Labute approximate surface area is 62.7 Å². The molecule has 0 spiro atoms. The molecule has 10 heavy (non-hydrogen) atoms. The lowest BCUT2D eigenvalue weighted by Gasteiger charge is -2.07. The Balaban J connectivity index is 2.22. The van der Waals surface area contributed by atoms with Crippen molar-refractivity contribution in [3.8, 4) is 11.1 Å². The van der Waals surface area contributed by atoms with Gasteiger partial charge in [-0.2, -0.15) is 5.26 Å². The van der Waals surface area contributed by atoms with Gasteiger partial charge in [-0.05, 0) is 12.1 Å². The predicted molar refractivity (Wildman–Crippen MR) is 37.9 cm³/mol. The van der Waals surface area contributed by atoms with E-state index < -0.39 is 0 Å². The van der Waals surface area contributed by atoms with Crippen LogP contribution in [0.1, 0.15) is 17.4 Å². The van der Waals surface area contributed by atoms with Crippen LogP contribution >= 0.6 is 11.3 Å². The minimum atomic E-state index is 0.0370. The molecule has 2 nitrogen and oxygen atoms in total. The maximum absolute atomic E-state index is 8.37. The molecule has 0 aliphatic carbocycles. The van der Waals surface area contributed by atoms with Crippen LogP contribution in [0.2, 0.25) is 0 Å². The van der Waals surface area contributed by atoms with E-state index in [1.54, 1.807) is 11.3 Å². The molecule has 2 bridgehead atoms. The summed E-state index contributed by atoms with van der Waals surface area (Å²) in [7, 11) is 0. The van der Waals surface area contributed by atoms with Crippen molar-refractivity contribution < 1.29 is 4.74 Å². The molecule has 0 radical (unpaired) electrons. The van der Waals surface area contributed by atoms with E-state index >= 15 is 0 Å². The fourth-order valence-electron chi connectivity index (χ4n) is 0.994. The van der Waals surface area contributed by atoms with Gasteiger partial charge in [0.1, 0.15) is 6.10 Å². The number of rotatable bonds is 1.